The summed E-state index contributed by atoms with van der Waals surface area (Å²) in [6.07, 6.45) is 4.47. The number of aromatic nitrogens is 2. The van der Waals surface area contributed by atoms with Crippen LogP contribution < -0.4 is 5.73 Å². The minimum Gasteiger partial charge on any atom is -0.369 e. The molecule has 0 unspecified atom stereocenters. The first-order valence-corrected chi connectivity index (χ1v) is 8.06. The summed E-state index contributed by atoms with van der Waals surface area (Å²) in [6, 6.07) is 5.89. The van der Waals surface area contributed by atoms with Crippen molar-refractivity contribution in [3.63, 3.8) is 0 Å². The number of amides is 2. The lowest BCUT2D eigenvalue weighted by atomic mass is 9.96. The molecule has 2 N–H and O–H groups in total. The Kier molecular flexibility index (Phi) is 4.32. The molecule has 6 nitrogen and oxygen atoms in total. The molecule has 0 bridgehead atoms. The second kappa shape index (κ2) is 6.40. The van der Waals surface area contributed by atoms with Gasteiger partial charge >= 0.3 is 0 Å². The van der Waals surface area contributed by atoms with Crippen molar-refractivity contribution in [1.82, 2.24) is 14.3 Å². The number of hydrogen-bond donors (Lipinski definition) is 1. The molecule has 2 aromatic rings. The second-order valence-electron chi connectivity index (χ2n) is 6.13. The third kappa shape index (κ3) is 3.21. The van der Waals surface area contributed by atoms with Crippen molar-refractivity contribution in [3.05, 3.63) is 35.8 Å². The zero-order valence-electron chi connectivity index (χ0n) is 13.4. The molecule has 0 radical (unpaired) electrons. The fourth-order valence-electron chi connectivity index (χ4n) is 3.26. The summed E-state index contributed by atoms with van der Waals surface area (Å²) in [5.74, 6) is -0.197. The molecule has 3 rings (SSSR count). The summed E-state index contributed by atoms with van der Waals surface area (Å²) < 4.78 is 2.04. The summed E-state index contributed by atoms with van der Waals surface area (Å²) in [5, 5.41) is 0. The number of carbonyl (C=O) groups excluding carboxylic acids is 2. The number of aryl methyl sites for hydroxylation is 2. The van der Waals surface area contributed by atoms with Crippen LogP contribution in [-0.4, -0.2) is 39.2 Å². The van der Waals surface area contributed by atoms with Gasteiger partial charge in [-0.15, -0.1) is 0 Å². The van der Waals surface area contributed by atoms with Gasteiger partial charge in [0.05, 0.1) is 5.69 Å². The molecule has 1 aliphatic rings. The maximum atomic E-state index is 12.4. The van der Waals surface area contributed by atoms with E-state index in [0.29, 0.717) is 38.8 Å². The number of carbonyl (C=O) groups is 2. The zero-order valence-corrected chi connectivity index (χ0v) is 13.4. The minimum atomic E-state index is -0.251. The number of nitrogens with zero attached hydrogens (tertiary/aromatic N) is 3. The largest absolute Gasteiger partial charge is 0.369 e. The Balaban J connectivity index is 1.61. The fourth-order valence-corrected chi connectivity index (χ4v) is 3.26. The molecule has 0 aromatic carbocycles. The molecule has 23 heavy (non-hydrogen) atoms. The van der Waals surface area contributed by atoms with E-state index in [2.05, 4.69) is 4.98 Å². The topological polar surface area (TPSA) is 80.7 Å². The van der Waals surface area contributed by atoms with Crippen molar-refractivity contribution in [2.24, 2.45) is 11.7 Å². The number of hydrogen-bond acceptors (Lipinski definition) is 3. The molecule has 1 aliphatic heterocycles. The quantitative estimate of drug-likeness (QED) is 0.923. The second-order valence-corrected chi connectivity index (χ2v) is 6.13. The van der Waals surface area contributed by atoms with Gasteiger partial charge in [-0.1, -0.05) is 6.07 Å². The van der Waals surface area contributed by atoms with Gasteiger partial charge in [0.2, 0.25) is 11.8 Å². The van der Waals surface area contributed by atoms with Crippen molar-refractivity contribution < 1.29 is 9.59 Å². The van der Waals surface area contributed by atoms with E-state index in [9.17, 15) is 9.59 Å². The molecule has 1 fully saturated rings. The van der Waals surface area contributed by atoms with Crippen molar-refractivity contribution in [2.75, 3.05) is 13.1 Å². The predicted octanol–water partition coefficient (Wildman–Crippen LogP) is 1.30. The van der Waals surface area contributed by atoms with E-state index in [1.54, 1.807) is 0 Å². The van der Waals surface area contributed by atoms with Gasteiger partial charge in [0, 0.05) is 37.3 Å². The molecule has 0 spiro atoms. The van der Waals surface area contributed by atoms with Crippen molar-refractivity contribution in [3.8, 4) is 0 Å². The molecule has 3 heterocycles. The highest BCUT2D eigenvalue weighted by atomic mass is 16.2. The Morgan fingerprint density at radius 1 is 1.30 bits per heavy atom. The lowest BCUT2D eigenvalue weighted by Crippen LogP contribution is -2.41. The number of nitrogens with two attached hydrogens (primary N) is 1. The van der Waals surface area contributed by atoms with Crippen LogP contribution in [-0.2, 0) is 16.0 Å². The van der Waals surface area contributed by atoms with Crippen LogP contribution in [0, 0.1) is 12.8 Å². The Bertz CT molecular complexity index is 729. The van der Waals surface area contributed by atoms with Crippen LogP contribution in [0.4, 0.5) is 0 Å². The molecular weight excluding hydrogens is 292 g/mol. The third-order valence-electron chi connectivity index (χ3n) is 4.65. The SMILES string of the molecule is Cc1nc2ccccn2c1CCC(=O)N1CCC(C(N)=O)CC1. The standard InChI is InChI=1S/C17H22N4O2/c1-12-14(21-9-3-2-4-15(21)19-12)5-6-16(22)20-10-7-13(8-11-20)17(18)23/h2-4,9,13H,5-8,10-11H2,1H3,(H2,18,23). The Morgan fingerprint density at radius 2 is 2.04 bits per heavy atom. The van der Waals surface area contributed by atoms with Crippen LogP contribution in [0.5, 0.6) is 0 Å². The van der Waals surface area contributed by atoms with Gasteiger partial charge in [0.25, 0.3) is 0 Å². The average molecular weight is 314 g/mol. The van der Waals surface area contributed by atoms with E-state index in [-0.39, 0.29) is 17.7 Å². The summed E-state index contributed by atoms with van der Waals surface area (Å²) in [7, 11) is 0. The fraction of sp³-hybridized carbons (Fsp3) is 0.471. The van der Waals surface area contributed by atoms with Gasteiger partial charge < -0.3 is 15.0 Å². The van der Waals surface area contributed by atoms with E-state index in [0.717, 1.165) is 17.0 Å². The lowest BCUT2D eigenvalue weighted by molar-refractivity contribution is -0.134. The van der Waals surface area contributed by atoms with Gasteiger partial charge in [0.15, 0.2) is 0 Å². The number of likely N-dealkylation sites (tertiary alicyclic amines) is 1. The van der Waals surface area contributed by atoms with Crippen LogP contribution in [0.2, 0.25) is 0 Å². The molecule has 6 heteroatoms. The summed E-state index contributed by atoms with van der Waals surface area (Å²) >= 11 is 0. The molecule has 122 valence electrons. The van der Waals surface area contributed by atoms with Crippen molar-refractivity contribution >= 4 is 17.5 Å². The van der Waals surface area contributed by atoms with Crippen molar-refractivity contribution in [1.29, 1.82) is 0 Å². The Hall–Kier alpha value is -2.37. The molecule has 2 aromatic heterocycles. The Labute approximate surface area is 135 Å². The monoisotopic (exact) mass is 314 g/mol. The zero-order chi connectivity index (χ0) is 16.4. The van der Waals surface area contributed by atoms with Crippen LogP contribution in [0.15, 0.2) is 24.4 Å². The average Bonchev–Trinajstić information content (AvgIpc) is 2.88. The van der Waals surface area contributed by atoms with Crippen molar-refractivity contribution in [2.45, 2.75) is 32.6 Å². The predicted molar refractivity (Wildman–Crippen MR) is 86.7 cm³/mol. The van der Waals surface area contributed by atoms with E-state index in [4.69, 9.17) is 5.73 Å². The van der Waals surface area contributed by atoms with Gasteiger partial charge in [0.1, 0.15) is 5.65 Å². The smallest absolute Gasteiger partial charge is 0.222 e. The summed E-state index contributed by atoms with van der Waals surface area (Å²) in [5.41, 5.74) is 8.29. The van der Waals surface area contributed by atoms with Gasteiger partial charge in [-0.25, -0.2) is 4.98 Å². The Morgan fingerprint density at radius 3 is 2.74 bits per heavy atom. The van der Waals surface area contributed by atoms with E-state index >= 15 is 0 Å². The summed E-state index contributed by atoms with van der Waals surface area (Å²) in [6.45, 7) is 3.22. The lowest BCUT2D eigenvalue weighted by Gasteiger charge is -2.30. The molecule has 2 amide bonds. The van der Waals surface area contributed by atoms with Gasteiger partial charge in [-0.05, 0) is 38.3 Å². The number of piperidine rings is 1. The highest BCUT2D eigenvalue weighted by molar-refractivity contribution is 5.79. The normalized spacial score (nSPS) is 16.0. The first-order valence-electron chi connectivity index (χ1n) is 8.06. The molecule has 1 saturated heterocycles. The highest BCUT2D eigenvalue weighted by Gasteiger charge is 2.25. The molecule has 0 atom stereocenters. The van der Waals surface area contributed by atoms with Crippen LogP contribution in [0.1, 0.15) is 30.7 Å². The minimum absolute atomic E-state index is 0.0833. The maximum Gasteiger partial charge on any atom is 0.222 e. The number of pyridine rings is 1. The highest BCUT2D eigenvalue weighted by Crippen LogP contribution is 2.19. The van der Waals surface area contributed by atoms with Crippen LogP contribution >= 0.6 is 0 Å². The first-order chi connectivity index (χ1) is 11.1. The summed E-state index contributed by atoms with van der Waals surface area (Å²) in [4.78, 5) is 29.9. The molecule has 0 saturated carbocycles. The third-order valence-corrected chi connectivity index (χ3v) is 4.65. The number of imidazole rings is 1. The van der Waals surface area contributed by atoms with Crippen LogP contribution in [0.25, 0.3) is 5.65 Å². The molecular formula is C17H22N4O2. The molecule has 0 aliphatic carbocycles. The number of fused-ring (bicyclic) bond motifs is 1. The van der Waals surface area contributed by atoms with E-state index in [1.165, 1.54) is 0 Å². The van der Waals surface area contributed by atoms with Crippen LogP contribution in [0.3, 0.4) is 0 Å². The maximum absolute atomic E-state index is 12.4. The van der Waals surface area contributed by atoms with Gasteiger partial charge in [-0.3, -0.25) is 9.59 Å². The van der Waals surface area contributed by atoms with Gasteiger partial charge in [-0.2, -0.15) is 0 Å². The number of primary amides is 1. The van der Waals surface area contributed by atoms with E-state index in [1.807, 2.05) is 40.6 Å². The van der Waals surface area contributed by atoms with E-state index < -0.39 is 0 Å². The first kappa shape index (κ1) is 15.5. The number of rotatable bonds is 4.